The quantitative estimate of drug-likeness (QED) is 0.420. The number of rotatable bonds is 6. The first-order chi connectivity index (χ1) is 12.0. The summed E-state index contributed by atoms with van der Waals surface area (Å²) >= 11 is 0. The van der Waals surface area contributed by atoms with Gasteiger partial charge in [-0.05, 0) is 19.1 Å². The van der Waals surface area contributed by atoms with Crippen LogP contribution in [0.4, 0.5) is 17.4 Å². The summed E-state index contributed by atoms with van der Waals surface area (Å²) in [6.07, 6.45) is 0. The lowest BCUT2D eigenvalue weighted by atomic mass is 10.2. The zero-order chi connectivity index (χ0) is 18.0. The molecule has 25 heavy (non-hydrogen) atoms. The molecule has 9 nitrogen and oxygen atoms in total. The third-order valence-corrected chi connectivity index (χ3v) is 3.59. The highest BCUT2D eigenvalue weighted by Crippen LogP contribution is 2.28. The highest BCUT2D eigenvalue weighted by Gasteiger charge is 2.26. The maximum atomic E-state index is 7.98. The number of hydrogen-bond acceptors (Lipinski definition) is 8. The average molecular weight is 342 g/mol. The summed E-state index contributed by atoms with van der Waals surface area (Å²) in [5, 5.41) is 17.9. The molecule has 0 saturated carbocycles. The van der Waals surface area contributed by atoms with Crippen molar-refractivity contribution in [3.05, 3.63) is 24.0 Å². The Morgan fingerprint density at radius 3 is 2.84 bits per heavy atom. The fourth-order valence-corrected chi connectivity index (χ4v) is 2.26. The number of quaternary nitrogens is 1. The number of anilines is 1. The third kappa shape index (κ3) is 3.56. The molecule has 0 radical (unpaired) electrons. The van der Waals surface area contributed by atoms with Crippen molar-refractivity contribution >= 4 is 34.6 Å². The summed E-state index contributed by atoms with van der Waals surface area (Å²) in [5.41, 5.74) is 5.11. The number of hydrogen-bond donors (Lipinski definition) is 3. The van der Waals surface area contributed by atoms with Crippen molar-refractivity contribution in [2.75, 3.05) is 12.5 Å². The molecule has 1 aliphatic heterocycles. The van der Waals surface area contributed by atoms with E-state index in [-0.39, 0.29) is 17.6 Å². The summed E-state index contributed by atoms with van der Waals surface area (Å²) in [6.45, 7) is 5.59. The van der Waals surface area contributed by atoms with E-state index < -0.39 is 0 Å². The number of methoxy groups -OCH3 is 1. The average Bonchev–Trinajstić information content (AvgIpc) is 3.20. The van der Waals surface area contributed by atoms with Gasteiger partial charge in [0.15, 0.2) is 17.2 Å². The van der Waals surface area contributed by atoms with Gasteiger partial charge in [-0.3, -0.25) is 5.32 Å². The molecule has 1 aliphatic rings. The van der Waals surface area contributed by atoms with Gasteiger partial charge in [0.2, 0.25) is 0 Å². The van der Waals surface area contributed by atoms with Gasteiger partial charge in [0, 0.05) is 12.0 Å². The van der Waals surface area contributed by atoms with E-state index in [0.29, 0.717) is 17.4 Å². The third-order valence-electron chi connectivity index (χ3n) is 3.59. The molecule has 1 aromatic heterocycles. The number of nitrogens with two attached hydrogens (primary N) is 1. The molecule has 0 saturated heterocycles. The van der Waals surface area contributed by atoms with Gasteiger partial charge < -0.3 is 14.7 Å². The van der Waals surface area contributed by atoms with E-state index >= 15 is 0 Å². The first-order valence-corrected chi connectivity index (χ1v) is 7.82. The number of aromatic nitrogens is 2. The predicted octanol–water partition coefficient (Wildman–Crippen LogP) is 1.95. The normalized spacial score (nSPS) is 13.6. The first kappa shape index (κ1) is 16.8. The lowest BCUT2D eigenvalue weighted by Crippen LogP contribution is -2.83. The van der Waals surface area contributed by atoms with E-state index in [1.807, 2.05) is 37.4 Å². The number of nitrogens with one attached hydrogen (secondary N) is 2. The number of ether oxygens (including phenoxy) is 1. The van der Waals surface area contributed by atoms with Crippen LogP contribution in [0.2, 0.25) is 0 Å². The van der Waals surface area contributed by atoms with Gasteiger partial charge in [0.1, 0.15) is 11.4 Å². The van der Waals surface area contributed by atoms with Crippen LogP contribution in [-0.4, -0.2) is 34.5 Å². The molecule has 2 aromatic rings. The molecule has 9 heteroatoms. The van der Waals surface area contributed by atoms with Crippen molar-refractivity contribution in [2.45, 2.75) is 26.7 Å². The van der Waals surface area contributed by atoms with Gasteiger partial charge in [-0.25, -0.2) is 5.43 Å². The molecule has 0 aliphatic carbocycles. The van der Waals surface area contributed by atoms with Crippen molar-refractivity contribution in [1.29, 1.82) is 5.41 Å². The van der Waals surface area contributed by atoms with Crippen LogP contribution < -0.4 is 15.5 Å². The summed E-state index contributed by atoms with van der Waals surface area (Å²) in [5.74, 6) is 2.09. The molecule has 4 N–H and O–H groups in total. The van der Waals surface area contributed by atoms with Gasteiger partial charge in [0.25, 0.3) is 5.84 Å². The summed E-state index contributed by atoms with van der Waals surface area (Å²) in [7, 11) is 1.62. The predicted molar refractivity (Wildman–Crippen MR) is 94.5 cm³/mol. The van der Waals surface area contributed by atoms with E-state index in [2.05, 4.69) is 25.7 Å². The van der Waals surface area contributed by atoms with Gasteiger partial charge >= 0.3 is 6.01 Å². The SMILES string of the molecule is COc1ccc2c(c1)[NH2+]C(C(=NNc1nc(C(C)C)no1)C(C)=N)=N2. The van der Waals surface area contributed by atoms with Gasteiger partial charge in [-0.15, -0.1) is 0 Å². The second kappa shape index (κ2) is 6.81. The Bertz CT molecular complexity index is 867. The van der Waals surface area contributed by atoms with Crippen LogP contribution >= 0.6 is 0 Å². The fraction of sp³-hybridized carbons (Fsp3) is 0.312. The molecule has 0 bridgehead atoms. The van der Waals surface area contributed by atoms with Crippen molar-refractivity contribution in [2.24, 2.45) is 10.1 Å². The molecule has 0 spiro atoms. The van der Waals surface area contributed by atoms with Crippen LogP contribution in [0.1, 0.15) is 32.5 Å². The van der Waals surface area contributed by atoms with Crippen molar-refractivity contribution in [3.8, 4) is 5.75 Å². The Balaban J connectivity index is 1.81. The maximum Gasteiger partial charge on any atom is 0.341 e. The molecular weight excluding hydrogens is 322 g/mol. The standard InChI is InChI=1S/C16H19N7O2/c1-8(2)14-20-16(25-23-14)22-21-13(9(3)17)15-18-11-6-5-10(24-4)7-12(11)19-15/h5-8,17H,1-4H3,(H,18,19)(H,20,22,23)/p+1. The van der Waals surface area contributed by atoms with Crippen molar-refractivity contribution < 1.29 is 14.6 Å². The second-order valence-corrected chi connectivity index (χ2v) is 5.88. The van der Waals surface area contributed by atoms with Crippen LogP contribution in [0.15, 0.2) is 32.8 Å². The van der Waals surface area contributed by atoms with Crippen LogP contribution in [0, 0.1) is 5.41 Å². The van der Waals surface area contributed by atoms with Gasteiger partial charge in [0.05, 0.1) is 12.8 Å². The van der Waals surface area contributed by atoms with E-state index in [4.69, 9.17) is 14.7 Å². The zero-order valence-corrected chi connectivity index (χ0v) is 14.5. The number of nitrogens with zero attached hydrogens (tertiary/aromatic N) is 4. The zero-order valence-electron chi connectivity index (χ0n) is 14.5. The number of amidine groups is 1. The fourth-order valence-electron chi connectivity index (χ4n) is 2.26. The number of fused-ring (bicyclic) bond motifs is 1. The summed E-state index contributed by atoms with van der Waals surface area (Å²) in [4.78, 5) is 8.72. The van der Waals surface area contributed by atoms with Crippen LogP contribution in [-0.2, 0) is 0 Å². The second-order valence-electron chi connectivity index (χ2n) is 5.88. The topological polar surface area (TPSA) is 125 Å². The molecule has 3 rings (SSSR count). The first-order valence-electron chi connectivity index (χ1n) is 7.82. The minimum atomic E-state index is 0.157. The molecule has 0 amide bonds. The smallest absolute Gasteiger partial charge is 0.341 e. The van der Waals surface area contributed by atoms with Gasteiger partial charge in [-0.2, -0.15) is 15.1 Å². The van der Waals surface area contributed by atoms with E-state index in [1.54, 1.807) is 14.0 Å². The Morgan fingerprint density at radius 1 is 1.40 bits per heavy atom. The molecular formula is C16H20N7O2+. The van der Waals surface area contributed by atoms with Gasteiger partial charge in [-0.1, -0.05) is 19.0 Å². The lowest BCUT2D eigenvalue weighted by molar-refractivity contribution is -0.434. The Hall–Kier alpha value is -3.07. The molecule has 0 atom stereocenters. The largest absolute Gasteiger partial charge is 0.497 e. The van der Waals surface area contributed by atoms with E-state index in [1.165, 1.54) is 0 Å². The summed E-state index contributed by atoms with van der Waals surface area (Å²) in [6, 6.07) is 5.79. The van der Waals surface area contributed by atoms with Crippen molar-refractivity contribution in [1.82, 2.24) is 10.1 Å². The Kier molecular flexibility index (Phi) is 4.57. The number of hydrazone groups is 1. The minimum absolute atomic E-state index is 0.157. The highest BCUT2D eigenvalue weighted by atomic mass is 16.5. The molecule has 1 aromatic carbocycles. The van der Waals surface area contributed by atoms with Crippen LogP contribution in [0.25, 0.3) is 0 Å². The summed E-state index contributed by atoms with van der Waals surface area (Å²) < 4.78 is 10.3. The van der Waals surface area contributed by atoms with Crippen LogP contribution in [0.5, 0.6) is 5.75 Å². The molecule has 130 valence electrons. The molecule has 0 fully saturated rings. The minimum Gasteiger partial charge on any atom is -0.497 e. The maximum absolute atomic E-state index is 7.98. The van der Waals surface area contributed by atoms with E-state index in [0.717, 1.165) is 17.1 Å². The highest BCUT2D eigenvalue weighted by molar-refractivity contribution is 6.65. The Labute approximate surface area is 144 Å². The van der Waals surface area contributed by atoms with Crippen molar-refractivity contribution in [3.63, 3.8) is 0 Å². The van der Waals surface area contributed by atoms with E-state index in [9.17, 15) is 0 Å². The molecule has 0 unspecified atom stereocenters. The number of benzene rings is 1. The monoisotopic (exact) mass is 342 g/mol. The van der Waals surface area contributed by atoms with Crippen LogP contribution in [0.3, 0.4) is 0 Å². The molecule has 2 heterocycles. The number of aliphatic imine (C=N–C) groups is 1. The lowest BCUT2D eigenvalue weighted by Gasteiger charge is -2.02. The Morgan fingerprint density at radius 2 is 2.20 bits per heavy atom.